The molecule has 2 aromatic rings. The number of rotatable bonds is 4. The molecular formula is C15H14BrFN2O2. The summed E-state index contributed by atoms with van der Waals surface area (Å²) in [6.07, 6.45) is 0. The molecular weight excluding hydrogens is 339 g/mol. The first-order chi connectivity index (χ1) is 9.88. The molecule has 2 rings (SSSR count). The molecule has 0 aliphatic carbocycles. The highest BCUT2D eigenvalue weighted by molar-refractivity contribution is 9.10. The van der Waals surface area contributed by atoms with E-state index >= 15 is 0 Å². The number of nitro groups is 1. The smallest absolute Gasteiger partial charge is 0.274 e. The molecule has 110 valence electrons. The molecule has 0 fully saturated rings. The summed E-state index contributed by atoms with van der Waals surface area (Å²) in [5.74, 6) is -0.322. The van der Waals surface area contributed by atoms with E-state index in [-0.39, 0.29) is 17.5 Å². The zero-order chi connectivity index (χ0) is 15.6. The minimum atomic E-state index is -0.403. The van der Waals surface area contributed by atoms with Crippen LogP contribution in [0.25, 0.3) is 0 Å². The van der Waals surface area contributed by atoms with E-state index in [1.54, 1.807) is 31.2 Å². The minimum Gasteiger partial charge on any atom is -0.378 e. The maximum atomic E-state index is 13.2. The van der Waals surface area contributed by atoms with Gasteiger partial charge >= 0.3 is 0 Å². The third-order valence-corrected chi connectivity index (χ3v) is 3.84. The zero-order valence-corrected chi connectivity index (χ0v) is 13.1. The number of anilines is 1. The van der Waals surface area contributed by atoms with Crippen LogP contribution >= 0.6 is 15.9 Å². The molecule has 0 heterocycles. The van der Waals surface area contributed by atoms with Crippen LogP contribution in [0.1, 0.15) is 24.1 Å². The van der Waals surface area contributed by atoms with Gasteiger partial charge < -0.3 is 5.32 Å². The molecule has 4 nitrogen and oxygen atoms in total. The second-order valence-corrected chi connectivity index (χ2v) is 5.65. The SMILES string of the molecule is Cc1ccc(NC(C)c2ccc(F)c(Br)c2)cc1[N+](=O)[O-]. The summed E-state index contributed by atoms with van der Waals surface area (Å²) < 4.78 is 13.6. The maximum Gasteiger partial charge on any atom is 0.274 e. The van der Waals surface area contributed by atoms with E-state index in [0.29, 0.717) is 15.7 Å². The number of nitrogens with zero attached hydrogens (tertiary/aromatic N) is 1. The predicted molar refractivity (Wildman–Crippen MR) is 84.0 cm³/mol. The number of halogens is 2. The van der Waals surface area contributed by atoms with E-state index in [2.05, 4.69) is 21.2 Å². The van der Waals surface area contributed by atoms with E-state index in [9.17, 15) is 14.5 Å². The van der Waals surface area contributed by atoms with Gasteiger partial charge in [-0.2, -0.15) is 0 Å². The first-order valence-electron chi connectivity index (χ1n) is 6.35. The normalized spacial score (nSPS) is 12.0. The van der Waals surface area contributed by atoms with Crippen LogP contribution in [-0.4, -0.2) is 4.92 Å². The Kier molecular flexibility index (Phi) is 4.57. The number of hydrogen-bond acceptors (Lipinski definition) is 3. The Morgan fingerprint density at radius 2 is 2.00 bits per heavy atom. The van der Waals surface area contributed by atoms with Crippen LogP contribution < -0.4 is 5.32 Å². The quantitative estimate of drug-likeness (QED) is 0.623. The van der Waals surface area contributed by atoms with Gasteiger partial charge in [0.15, 0.2) is 0 Å². The van der Waals surface area contributed by atoms with Crippen molar-refractivity contribution in [2.75, 3.05) is 5.32 Å². The molecule has 0 bridgehead atoms. The van der Waals surface area contributed by atoms with Gasteiger partial charge in [0.25, 0.3) is 5.69 Å². The topological polar surface area (TPSA) is 55.2 Å². The van der Waals surface area contributed by atoms with Gasteiger partial charge in [-0.05, 0) is 53.5 Å². The summed E-state index contributed by atoms with van der Waals surface area (Å²) in [5.41, 5.74) is 2.22. The number of hydrogen-bond donors (Lipinski definition) is 1. The van der Waals surface area contributed by atoms with Crippen LogP contribution in [0.4, 0.5) is 15.8 Å². The van der Waals surface area contributed by atoms with Crippen molar-refractivity contribution < 1.29 is 9.31 Å². The summed E-state index contributed by atoms with van der Waals surface area (Å²) in [6, 6.07) is 9.64. The van der Waals surface area contributed by atoms with Crippen LogP contribution in [0.5, 0.6) is 0 Å². The van der Waals surface area contributed by atoms with Crippen LogP contribution in [-0.2, 0) is 0 Å². The standard InChI is InChI=1S/C15H14BrFN2O2/c1-9-3-5-12(8-15(9)19(20)21)18-10(2)11-4-6-14(17)13(16)7-11/h3-8,10,18H,1-2H3. The molecule has 2 aromatic carbocycles. The monoisotopic (exact) mass is 352 g/mol. The Labute approximate surface area is 130 Å². The third kappa shape index (κ3) is 3.58. The molecule has 0 aliphatic rings. The second-order valence-electron chi connectivity index (χ2n) is 4.80. The Bertz CT molecular complexity index is 691. The Balaban J connectivity index is 2.23. The van der Waals surface area contributed by atoms with Gasteiger partial charge in [-0.3, -0.25) is 10.1 Å². The van der Waals surface area contributed by atoms with E-state index in [1.807, 2.05) is 6.92 Å². The molecule has 0 amide bonds. The molecule has 6 heteroatoms. The largest absolute Gasteiger partial charge is 0.378 e. The lowest BCUT2D eigenvalue weighted by atomic mass is 10.1. The van der Waals surface area contributed by atoms with Gasteiger partial charge in [-0.15, -0.1) is 0 Å². The first kappa shape index (κ1) is 15.4. The lowest BCUT2D eigenvalue weighted by molar-refractivity contribution is -0.385. The Morgan fingerprint density at radius 1 is 1.29 bits per heavy atom. The molecule has 0 radical (unpaired) electrons. The summed E-state index contributed by atoms with van der Waals surface area (Å²) in [4.78, 5) is 10.5. The maximum absolute atomic E-state index is 13.2. The lowest BCUT2D eigenvalue weighted by Crippen LogP contribution is -2.07. The highest BCUT2D eigenvalue weighted by atomic mass is 79.9. The highest BCUT2D eigenvalue weighted by Gasteiger charge is 2.13. The van der Waals surface area contributed by atoms with Crippen molar-refractivity contribution >= 4 is 27.3 Å². The van der Waals surface area contributed by atoms with E-state index < -0.39 is 4.92 Å². The predicted octanol–water partition coefficient (Wildman–Crippen LogP) is 4.98. The van der Waals surface area contributed by atoms with E-state index in [1.165, 1.54) is 12.1 Å². The van der Waals surface area contributed by atoms with Crippen molar-refractivity contribution in [2.24, 2.45) is 0 Å². The summed E-state index contributed by atoms with van der Waals surface area (Å²) >= 11 is 3.15. The fourth-order valence-corrected chi connectivity index (χ4v) is 2.41. The molecule has 0 saturated heterocycles. The van der Waals surface area contributed by atoms with Crippen LogP contribution in [0.15, 0.2) is 40.9 Å². The Morgan fingerprint density at radius 3 is 2.62 bits per heavy atom. The van der Waals surface area contributed by atoms with Gasteiger partial charge in [-0.1, -0.05) is 12.1 Å². The average Bonchev–Trinajstić information content (AvgIpc) is 2.43. The number of aryl methyl sites for hydroxylation is 1. The molecule has 0 spiro atoms. The second kappa shape index (κ2) is 6.22. The highest BCUT2D eigenvalue weighted by Crippen LogP contribution is 2.27. The van der Waals surface area contributed by atoms with Gasteiger partial charge in [0.2, 0.25) is 0 Å². The van der Waals surface area contributed by atoms with Crippen molar-refractivity contribution in [3.63, 3.8) is 0 Å². The molecule has 0 aromatic heterocycles. The van der Waals surface area contributed by atoms with E-state index in [4.69, 9.17) is 0 Å². The van der Waals surface area contributed by atoms with Crippen molar-refractivity contribution in [3.05, 3.63) is 67.9 Å². The summed E-state index contributed by atoms with van der Waals surface area (Å²) in [7, 11) is 0. The molecule has 1 atom stereocenters. The number of benzene rings is 2. The molecule has 1 unspecified atom stereocenters. The number of nitrogens with one attached hydrogen (secondary N) is 1. The zero-order valence-electron chi connectivity index (χ0n) is 11.6. The van der Waals surface area contributed by atoms with Crippen molar-refractivity contribution in [3.8, 4) is 0 Å². The van der Waals surface area contributed by atoms with E-state index in [0.717, 1.165) is 5.56 Å². The fraction of sp³-hybridized carbons (Fsp3) is 0.200. The fourth-order valence-electron chi connectivity index (χ4n) is 2.01. The van der Waals surface area contributed by atoms with Gasteiger partial charge in [0.1, 0.15) is 5.82 Å². The van der Waals surface area contributed by atoms with Crippen LogP contribution in [0.3, 0.4) is 0 Å². The van der Waals surface area contributed by atoms with Gasteiger partial charge in [0, 0.05) is 23.4 Å². The summed E-state index contributed by atoms with van der Waals surface area (Å²) in [5, 5.41) is 14.1. The molecule has 1 N–H and O–H groups in total. The first-order valence-corrected chi connectivity index (χ1v) is 7.14. The van der Waals surface area contributed by atoms with Crippen molar-refractivity contribution in [1.82, 2.24) is 0 Å². The summed E-state index contributed by atoms with van der Waals surface area (Å²) in [6.45, 7) is 3.60. The van der Waals surface area contributed by atoms with Crippen molar-refractivity contribution in [1.29, 1.82) is 0 Å². The third-order valence-electron chi connectivity index (χ3n) is 3.23. The van der Waals surface area contributed by atoms with Gasteiger partial charge in [-0.25, -0.2) is 4.39 Å². The average molecular weight is 353 g/mol. The molecule has 21 heavy (non-hydrogen) atoms. The molecule has 0 aliphatic heterocycles. The lowest BCUT2D eigenvalue weighted by Gasteiger charge is -2.16. The Hall–Kier alpha value is -1.95. The minimum absolute atomic E-state index is 0.0764. The van der Waals surface area contributed by atoms with Crippen LogP contribution in [0, 0.1) is 22.9 Å². The van der Waals surface area contributed by atoms with Crippen LogP contribution in [0.2, 0.25) is 0 Å². The van der Waals surface area contributed by atoms with Crippen molar-refractivity contribution in [2.45, 2.75) is 19.9 Å². The van der Waals surface area contributed by atoms with Gasteiger partial charge in [0.05, 0.1) is 9.40 Å². The molecule has 0 saturated carbocycles. The number of nitro benzene ring substituents is 1.